The van der Waals surface area contributed by atoms with Gasteiger partial charge < -0.3 is 16.0 Å². The Bertz CT molecular complexity index is 846. The van der Waals surface area contributed by atoms with Gasteiger partial charge in [-0.05, 0) is 49.4 Å². The molecular formula is C20H25FN6. The number of allylic oxidation sites excluding steroid dienone is 1. The van der Waals surface area contributed by atoms with Crippen LogP contribution in [0.5, 0.6) is 0 Å². The molecule has 27 heavy (non-hydrogen) atoms. The smallest absolute Gasteiger partial charge is 0.141 e. The number of nitrogens with one attached hydrogen (secondary N) is 2. The van der Waals surface area contributed by atoms with Crippen LogP contribution in [0, 0.1) is 11.7 Å². The van der Waals surface area contributed by atoms with Crippen molar-refractivity contribution in [2.45, 2.75) is 38.3 Å². The summed E-state index contributed by atoms with van der Waals surface area (Å²) < 4.78 is 13.0. The van der Waals surface area contributed by atoms with E-state index in [4.69, 9.17) is 11.6 Å². The van der Waals surface area contributed by atoms with Gasteiger partial charge in [-0.3, -0.25) is 5.01 Å². The molecule has 1 aromatic heterocycles. The molecule has 1 saturated carbocycles. The summed E-state index contributed by atoms with van der Waals surface area (Å²) in [6.07, 6.45) is 7.58. The van der Waals surface area contributed by atoms with Gasteiger partial charge in [0.25, 0.3) is 0 Å². The molecule has 0 amide bonds. The molecule has 0 atom stereocenters. The van der Waals surface area contributed by atoms with Crippen LogP contribution in [0.4, 0.5) is 10.2 Å². The minimum Gasteiger partial charge on any atom is -0.400 e. The highest BCUT2D eigenvalue weighted by molar-refractivity contribution is 5.86. The minimum atomic E-state index is -0.199. The van der Waals surface area contributed by atoms with Gasteiger partial charge in [-0.25, -0.2) is 15.2 Å². The highest BCUT2D eigenvalue weighted by atomic mass is 19.1. The Morgan fingerprint density at radius 3 is 2.67 bits per heavy atom. The van der Waals surface area contributed by atoms with Crippen LogP contribution in [0.15, 0.2) is 47.2 Å². The molecular weight excluding hydrogens is 343 g/mol. The van der Waals surface area contributed by atoms with Crippen LogP contribution in [-0.4, -0.2) is 22.4 Å². The summed E-state index contributed by atoms with van der Waals surface area (Å²) >= 11 is 0. The summed E-state index contributed by atoms with van der Waals surface area (Å²) in [6, 6.07) is 9.07. The molecule has 0 bridgehead atoms. The van der Waals surface area contributed by atoms with Crippen LogP contribution in [0.3, 0.4) is 0 Å². The Hall–Kier alpha value is -2.64. The van der Waals surface area contributed by atoms with E-state index in [1.54, 1.807) is 6.34 Å². The summed E-state index contributed by atoms with van der Waals surface area (Å²) in [5.41, 5.74) is 10.3. The summed E-state index contributed by atoms with van der Waals surface area (Å²) in [7, 11) is 0. The normalized spacial score (nSPS) is 24.0. The molecule has 6 nitrogen and oxygen atoms in total. The Kier molecular flexibility index (Phi) is 4.96. The van der Waals surface area contributed by atoms with Crippen molar-refractivity contribution in [2.24, 2.45) is 22.5 Å². The second-order valence-electron chi connectivity index (χ2n) is 7.25. The molecule has 142 valence electrons. The number of nitrogens with two attached hydrogens (primary N) is 2. The Morgan fingerprint density at radius 1 is 1.19 bits per heavy atom. The van der Waals surface area contributed by atoms with Gasteiger partial charge in [-0.1, -0.05) is 12.1 Å². The number of hydrogen-bond acceptors (Lipinski definition) is 5. The van der Waals surface area contributed by atoms with Gasteiger partial charge in [0.05, 0.1) is 5.70 Å². The lowest BCUT2D eigenvalue weighted by Crippen LogP contribution is -2.36. The van der Waals surface area contributed by atoms with Crippen LogP contribution < -0.4 is 16.9 Å². The number of rotatable bonds is 4. The fourth-order valence-electron chi connectivity index (χ4n) is 3.95. The first-order chi connectivity index (χ1) is 13.1. The van der Waals surface area contributed by atoms with Crippen LogP contribution in [-0.2, 0) is 6.54 Å². The van der Waals surface area contributed by atoms with E-state index in [2.05, 4.69) is 15.3 Å². The largest absolute Gasteiger partial charge is 0.400 e. The third-order valence-corrected chi connectivity index (χ3v) is 5.50. The van der Waals surface area contributed by atoms with Gasteiger partial charge in [0.2, 0.25) is 0 Å². The zero-order chi connectivity index (χ0) is 18.8. The third kappa shape index (κ3) is 3.74. The number of aliphatic imine (C=N–C) groups is 1. The molecule has 7 heteroatoms. The number of hydrazine groups is 1. The van der Waals surface area contributed by atoms with Crippen molar-refractivity contribution in [1.82, 2.24) is 15.3 Å². The predicted molar refractivity (Wildman–Crippen MR) is 105 cm³/mol. The van der Waals surface area contributed by atoms with Crippen molar-refractivity contribution in [2.75, 3.05) is 0 Å². The third-order valence-electron chi connectivity index (χ3n) is 5.50. The summed E-state index contributed by atoms with van der Waals surface area (Å²) in [4.78, 5) is 7.39. The summed E-state index contributed by atoms with van der Waals surface area (Å²) in [6.45, 7) is 0.756. The fraction of sp³-hybridized carbons (Fsp3) is 0.350. The predicted octanol–water partition coefficient (Wildman–Crippen LogP) is 2.98. The standard InChI is InChI=1S/C20H25FN6/c21-15-5-1-13(2-6-15)11-25-16-7-3-14(4-8-16)18(22)19-17-9-10-24-20(17)26-12-27(19)23/h1-2,5-6,9-10,12,14,16,24-25H,3-4,7-8,11,22-23H2/b19-18-. The maximum atomic E-state index is 13.0. The molecule has 1 aliphatic carbocycles. The fourth-order valence-corrected chi connectivity index (χ4v) is 3.95. The number of halogens is 1. The first-order valence-corrected chi connectivity index (χ1v) is 9.35. The second kappa shape index (κ2) is 7.54. The number of nitrogens with zero attached hydrogens (tertiary/aromatic N) is 2. The Balaban J connectivity index is 1.37. The Labute approximate surface area is 158 Å². The summed E-state index contributed by atoms with van der Waals surface area (Å²) in [5.74, 6) is 7.01. The highest BCUT2D eigenvalue weighted by Crippen LogP contribution is 2.36. The van der Waals surface area contributed by atoms with Crippen molar-refractivity contribution in [3.63, 3.8) is 0 Å². The van der Waals surface area contributed by atoms with E-state index in [1.165, 1.54) is 17.1 Å². The molecule has 6 N–H and O–H groups in total. The highest BCUT2D eigenvalue weighted by Gasteiger charge is 2.28. The van der Waals surface area contributed by atoms with E-state index < -0.39 is 0 Å². The number of H-pyrrole nitrogens is 1. The molecule has 1 aliphatic heterocycles. The molecule has 1 aromatic carbocycles. The Morgan fingerprint density at radius 2 is 1.93 bits per heavy atom. The van der Waals surface area contributed by atoms with Crippen LogP contribution in [0.1, 0.15) is 36.8 Å². The van der Waals surface area contributed by atoms with E-state index in [0.717, 1.165) is 60.6 Å². The molecule has 0 radical (unpaired) electrons. The van der Waals surface area contributed by atoms with Crippen molar-refractivity contribution in [3.05, 3.63) is 59.2 Å². The second-order valence-corrected chi connectivity index (χ2v) is 7.25. The maximum absolute atomic E-state index is 13.0. The van der Waals surface area contributed by atoms with Gasteiger partial charge in [0.15, 0.2) is 0 Å². The summed E-state index contributed by atoms with van der Waals surface area (Å²) in [5, 5.41) is 5.09. The van der Waals surface area contributed by atoms with E-state index in [-0.39, 0.29) is 5.82 Å². The van der Waals surface area contributed by atoms with Gasteiger partial charge in [-0.15, -0.1) is 0 Å². The lowest BCUT2D eigenvalue weighted by molar-refractivity contribution is 0.315. The molecule has 1 fully saturated rings. The zero-order valence-corrected chi connectivity index (χ0v) is 15.2. The molecule has 0 unspecified atom stereocenters. The van der Waals surface area contributed by atoms with Crippen LogP contribution >= 0.6 is 0 Å². The number of hydrogen-bond donors (Lipinski definition) is 4. The monoisotopic (exact) mass is 368 g/mol. The molecule has 0 spiro atoms. The lowest BCUT2D eigenvalue weighted by atomic mass is 9.83. The molecule has 2 aromatic rings. The minimum absolute atomic E-state index is 0.199. The average molecular weight is 368 g/mol. The average Bonchev–Trinajstić information content (AvgIpc) is 3.16. The van der Waals surface area contributed by atoms with E-state index >= 15 is 0 Å². The van der Waals surface area contributed by atoms with E-state index in [9.17, 15) is 4.39 Å². The topological polar surface area (TPSA) is 95.5 Å². The van der Waals surface area contributed by atoms with Gasteiger partial charge >= 0.3 is 0 Å². The first-order valence-electron chi connectivity index (χ1n) is 9.35. The maximum Gasteiger partial charge on any atom is 0.141 e. The van der Waals surface area contributed by atoms with E-state index in [1.807, 2.05) is 24.4 Å². The van der Waals surface area contributed by atoms with Crippen molar-refractivity contribution in [1.29, 1.82) is 0 Å². The lowest BCUT2D eigenvalue weighted by Gasteiger charge is -2.32. The van der Waals surface area contributed by atoms with Crippen LogP contribution in [0.25, 0.3) is 5.70 Å². The van der Waals surface area contributed by atoms with Crippen molar-refractivity contribution >= 4 is 17.9 Å². The molecule has 2 heterocycles. The SMILES string of the molecule is N/C(=C1/c2cc[nH]c2N=CN1N)C1CCC(NCc2ccc(F)cc2)CC1. The van der Waals surface area contributed by atoms with Crippen LogP contribution in [0.2, 0.25) is 0 Å². The zero-order valence-electron chi connectivity index (χ0n) is 15.2. The van der Waals surface area contributed by atoms with Crippen molar-refractivity contribution < 1.29 is 4.39 Å². The van der Waals surface area contributed by atoms with Gasteiger partial charge in [0, 0.05) is 36.0 Å². The van der Waals surface area contributed by atoms with Gasteiger partial charge in [0.1, 0.15) is 18.0 Å². The van der Waals surface area contributed by atoms with Crippen molar-refractivity contribution in [3.8, 4) is 0 Å². The van der Waals surface area contributed by atoms with Gasteiger partial charge in [-0.2, -0.15) is 0 Å². The first kappa shape index (κ1) is 17.8. The number of aromatic nitrogens is 1. The number of benzene rings is 1. The number of aromatic amines is 1. The molecule has 0 saturated heterocycles. The molecule has 4 rings (SSSR count). The quantitative estimate of drug-likeness (QED) is 0.624. The van der Waals surface area contributed by atoms with E-state index in [0.29, 0.717) is 12.0 Å². The molecule has 2 aliphatic rings. The number of fused-ring (bicyclic) bond motifs is 1.